The molecule has 0 atom stereocenters. The van der Waals surface area contributed by atoms with E-state index in [1.807, 2.05) is 0 Å². The predicted molar refractivity (Wildman–Crippen MR) is 106 cm³/mol. The number of rotatable bonds is 6. The van der Waals surface area contributed by atoms with Gasteiger partial charge in [-0.25, -0.2) is 0 Å². The average Bonchev–Trinajstić information content (AvgIpc) is 3.05. The number of hydrogen-bond donors (Lipinski definition) is 1. The molecule has 3 aromatic rings. The topological polar surface area (TPSA) is 129 Å². The van der Waals surface area contributed by atoms with Crippen molar-refractivity contribution in [2.24, 2.45) is 0 Å². The number of hydrogen-bond acceptors (Lipinski definition) is 8. The maximum Gasteiger partial charge on any atom is 0.296 e. The van der Waals surface area contributed by atoms with Crippen molar-refractivity contribution in [1.29, 1.82) is 0 Å². The van der Waals surface area contributed by atoms with Gasteiger partial charge in [0, 0.05) is 22.2 Å². The van der Waals surface area contributed by atoms with E-state index in [0.29, 0.717) is 5.16 Å². The normalized spacial score (nSPS) is 10.7. The second-order valence-corrected chi connectivity index (χ2v) is 6.91. The SMILES string of the molecule is CSc1nc(Nc2ccc(Cl)cc2[N+](=O)[O-])n(-c2ccc(Cl)cc2[N+](=O)[O-])n1. The molecule has 10 nitrogen and oxygen atoms in total. The largest absolute Gasteiger partial charge is 0.318 e. The van der Waals surface area contributed by atoms with E-state index in [1.54, 1.807) is 6.26 Å². The van der Waals surface area contributed by atoms with Gasteiger partial charge in [-0.2, -0.15) is 9.67 Å². The molecular weight excluding hydrogens is 431 g/mol. The minimum Gasteiger partial charge on any atom is -0.318 e. The summed E-state index contributed by atoms with van der Waals surface area (Å²) in [4.78, 5) is 25.8. The molecule has 144 valence electrons. The number of nitrogens with zero attached hydrogens (tertiary/aromatic N) is 5. The molecule has 1 N–H and O–H groups in total. The van der Waals surface area contributed by atoms with Gasteiger partial charge in [-0.05, 0) is 30.5 Å². The molecule has 0 saturated carbocycles. The van der Waals surface area contributed by atoms with Crippen molar-refractivity contribution in [3.63, 3.8) is 0 Å². The van der Waals surface area contributed by atoms with E-state index in [9.17, 15) is 20.2 Å². The van der Waals surface area contributed by atoms with Gasteiger partial charge in [0.15, 0.2) is 0 Å². The van der Waals surface area contributed by atoms with Crippen LogP contribution >= 0.6 is 35.0 Å². The van der Waals surface area contributed by atoms with Crippen molar-refractivity contribution in [2.75, 3.05) is 11.6 Å². The van der Waals surface area contributed by atoms with E-state index in [1.165, 1.54) is 52.8 Å². The third-order valence-electron chi connectivity index (χ3n) is 3.54. The molecule has 1 heterocycles. The highest BCUT2D eigenvalue weighted by Crippen LogP contribution is 2.33. The maximum absolute atomic E-state index is 11.4. The van der Waals surface area contributed by atoms with Gasteiger partial charge in [-0.15, -0.1) is 5.10 Å². The number of aromatic nitrogens is 3. The second-order valence-electron chi connectivity index (χ2n) is 5.27. The summed E-state index contributed by atoms with van der Waals surface area (Å²) in [6, 6.07) is 8.14. The minimum absolute atomic E-state index is 0.0557. The number of nitro groups is 2. The lowest BCUT2D eigenvalue weighted by Crippen LogP contribution is -2.07. The van der Waals surface area contributed by atoms with Crippen LogP contribution in [0.5, 0.6) is 0 Å². The molecule has 1 aromatic heterocycles. The smallest absolute Gasteiger partial charge is 0.296 e. The number of benzene rings is 2. The van der Waals surface area contributed by atoms with E-state index in [-0.39, 0.29) is 38.7 Å². The summed E-state index contributed by atoms with van der Waals surface area (Å²) in [5.74, 6) is 0.0557. The van der Waals surface area contributed by atoms with Crippen molar-refractivity contribution in [1.82, 2.24) is 14.8 Å². The number of nitrogens with one attached hydrogen (secondary N) is 1. The summed E-state index contributed by atoms with van der Waals surface area (Å²) in [5.41, 5.74) is -0.370. The zero-order chi connectivity index (χ0) is 20.4. The lowest BCUT2D eigenvalue weighted by atomic mass is 10.2. The highest BCUT2D eigenvalue weighted by molar-refractivity contribution is 7.98. The van der Waals surface area contributed by atoms with E-state index in [2.05, 4.69) is 15.4 Å². The molecule has 0 aliphatic carbocycles. The predicted octanol–water partition coefficient (Wildman–Crippen LogP) is 4.86. The Labute approximate surface area is 171 Å². The molecule has 0 spiro atoms. The van der Waals surface area contributed by atoms with E-state index in [0.717, 1.165) is 0 Å². The van der Waals surface area contributed by atoms with Gasteiger partial charge in [0.25, 0.3) is 11.4 Å². The molecule has 2 aromatic carbocycles. The summed E-state index contributed by atoms with van der Waals surface area (Å²) in [7, 11) is 0. The highest BCUT2D eigenvalue weighted by Gasteiger charge is 2.23. The Morgan fingerprint density at radius 1 is 1.04 bits per heavy atom. The Balaban J connectivity index is 2.15. The van der Waals surface area contributed by atoms with Crippen LogP contribution < -0.4 is 5.32 Å². The van der Waals surface area contributed by atoms with Gasteiger partial charge < -0.3 is 5.32 Å². The summed E-state index contributed by atoms with van der Waals surface area (Å²) >= 11 is 12.9. The molecule has 0 aliphatic heterocycles. The van der Waals surface area contributed by atoms with Gasteiger partial charge >= 0.3 is 0 Å². The molecule has 0 amide bonds. The number of anilines is 2. The summed E-state index contributed by atoms with van der Waals surface area (Å²) in [5, 5.41) is 30.5. The van der Waals surface area contributed by atoms with Crippen molar-refractivity contribution in [3.05, 3.63) is 66.7 Å². The molecule has 0 bridgehead atoms. The third-order valence-corrected chi connectivity index (χ3v) is 4.54. The highest BCUT2D eigenvalue weighted by atomic mass is 35.5. The van der Waals surface area contributed by atoms with Crippen molar-refractivity contribution >= 4 is 58.0 Å². The summed E-state index contributed by atoms with van der Waals surface area (Å²) < 4.78 is 1.19. The Hall–Kier alpha value is -2.89. The summed E-state index contributed by atoms with van der Waals surface area (Å²) in [6.07, 6.45) is 1.73. The van der Waals surface area contributed by atoms with Crippen LogP contribution in [0.3, 0.4) is 0 Å². The van der Waals surface area contributed by atoms with Crippen molar-refractivity contribution in [2.45, 2.75) is 5.16 Å². The lowest BCUT2D eigenvalue weighted by Gasteiger charge is -2.09. The Morgan fingerprint density at radius 2 is 1.64 bits per heavy atom. The molecule has 0 saturated heterocycles. The van der Waals surface area contributed by atoms with E-state index in [4.69, 9.17) is 23.2 Å². The Bertz CT molecular complexity index is 1090. The zero-order valence-electron chi connectivity index (χ0n) is 14.0. The van der Waals surface area contributed by atoms with Crippen LogP contribution in [0.25, 0.3) is 5.69 Å². The molecule has 13 heteroatoms. The van der Waals surface area contributed by atoms with Crippen LogP contribution in [0.15, 0.2) is 41.6 Å². The first-order chi connectivity index (χ1) is 13.3. The van der Waals surface area contributed by atoms with Crippen LogP contribution in [0.1, 0.15) is 0 Å². The van der Waals surface area contributed by atoms with Gasteiger partial charge in [-0.3, -0.25) is 20.2 Å². The fourth-order valence-electron chi connectivity index (χ4n) is 2.33. The van der Waals surface area contributed by atoms with Crippen molar-refractivity contribution < 1.29 is 9.85 Å². The molecule has 0 fully saturated rings. The third kappa shape index (κ3) is 4.01. The number of halogens is 2. The molecule has 28 heavy (non-hydrogen) atoms. The van der Waals surface area contributed by atoms with Crippen LogP contribution in [0, 0.1) is 20.2 Å². The van der Waals surface area contributed by atoms with Crippen molar-refractivity contribution in [3.8, 4) is 5.69 Å². The Kier molecular flexibility index (Phi) is 5.68. The standard InChI is InChI=1S/C15H10Cl2N6O4S/c1-28-15-19-14(18-10-4-2-8(16)6-12(10)22(24)25)21(20-15)11-5-3-9(17)7-13(11)23(26)27/h2-7H,1H3,(H,18,19,20). The van der Waals surface area contributed by atoms with Crippen LogP contribution in [0.2, 0.25) is 10.0 Å². The van der Waals surface area contributed by atoms with Gasteiger partial charge in [0.05, 0.1) is 9.85 Å². The number of thioether (sulfide) groups is 1. The molecule has 0 unspecified atom stereocenters. The van der Waals surface area contributed by atoms with Gasteiger partial charge in [0.1, 0.15) is 11.4 Å². The first kappa shape index (κ1) is 19.9. The molecule has 3 rings (SSSR count). The first-order valence-corrected chi connectivity index (χ1v) is 9.44. The minimum atomic E-state index is -0.602. The quantitative estimate of drug-likeness (QED) is 0.326. The fraction of sp³-hybridized carbons (Fsp3) is 0.0667. The van der Waals surface area contributed by atoms with E-state index < -0.39 is 9.85 Å². The van der Waals surface area contributed by atoms with E-state index >= 15 is 0 Å². The molecule has 0 radical (unpaired) electrons. The second kappa shape index (κ2) is 8.00. The van der Waals surface area contributed by atoms with Crippen LogP contribution in [-0.2, 0) is 0 Å². The van der Waals surface area contributed by atoms with Crippen LogP contribution in [-0.4, -0.2) is 30.9 Å². The lowest BCUT2D eigenvalue weighted by molar-refractivity contribution is -0.384. The maximum atomic E-state index is 11.4. The van der Waals surface area contributed by atoms with Gasteiger partial charge in [-0.1, -0.05) is 35.0 Å². The number of nitro benzene ring substituents is 2. The first-order valence-electron chi connectivity index (χ1n) is 7.46. The fourth-order valence-corrected chi connectivity index (χ4v) is 3.01. The summed E-state index contributed by atoms with van der Waals surface area (Å²) in [6.45, 7) is 0. The molecular formula is C15H10Cl2N6O4S. The monoisotopic (exact) mass is 440 g/mol. The average molecular weight is 441 g/mol. The van der Waals surface area contributed by atoms with Gasteiger partial charge in [0.2, 0.25) is 11.1 Å². The molecule has 0 aliphatic rings. The zero-order valence-corrected chi connectivity index (χ0v) is 16.3. The van der Waals surface area contributed by atoms with Crippen LogP contribution in [0.4, 0.5) is 23.0 Å². The Morgan fingerprint density at radius 3 is 2.25 bits per heavy atom.